The normalized spacial score (nSPS) is 19.5. The number of unbranched alkanes of at least 4 members (excludes halogenated alkanes) is 3. The van der Waals surface area contributed by atoms with Gasteiger partial charge in [0.1, 0.15) is 0 Å². The van der Waals surface area contributed by atoms with E-state index in [0.29, 0.717) is 0 Å². The van der Waals surface area contributed by atoms with Gasteiger partial charge in [-0.25, -0.2) is 0 Å². The van der Waals surface area contributed by atoms with E-state index in [0.717, 1.165) is 11.8 Å². The lowest BCUT2D eigenvalue weighted by molar-refractivity contribution is 0.142. The van der Waals surface area contributed by atoms with Gasteiger partial charge in [0.25, 0.3) is 0 Å². The third-order valence-corrected chi connectivity index (χ3v) is 4.05. The van der Waals surface area contributed by atoms with Crippen LogP contribution in [0, 0.1) is 0 Å². The smallest absolute Gasteiger partial charge is 0.0117 e. The second kappa shape index (κ2) is 8.37. The summed E-state index contributed by atoms with van der Waals surface area (Å²) in [4.78, 5) is 5.02. The maximum Gasteiger partial charge on any atom is 0.0117 e. The third-order valence-electron chi connectivity index (χ3n) is 3.73. The van der Waals surface area contributed by atoms with Gasteiger partial charge in [-0.1, -0.05) is 12.8 Å². The molecule has 1 rings (SSSR count). The number of piperidine rings is 1. The lowest BCUT2D eigenvalue weighted by Gasteiger charge is -2.35. The molecule has 0 aromatic carbocycles. The molecule has 1 saturated heterocycles. The van der Waals surface area contributed by atoms with E-state index in [1.54, 1.807) is 0 Å². The summed E-state index contributed by atoms with van der Waals surface area (Å²) in [7, 11) is 4.53. The van der Waals surface area contributed by atoms with Crippen LogP contribution < -0.4 is 0 Å². The molecule has 0 unspecified atom stereocenters. The minimum atomic E-state index is 0.834. The molecule has 1 heterocycles. The van der Waals surface area contributed by atoms with Crippen molar-refractivity contribution >= 4 is 12.6 Å². The van der Waals surface area contributed by atoms with Gasteiger partial charge in [-0.15, -0.1) is 0 Å². The molecule has 1 aliphatic heterocycles. The fraction of sp³-hybridized carbons (Fsp3) is 1.00. The maximum atomic E-state index is 4.24. The monoisotopic (exact) mass is 244 g/mol. The minimum Gasteiger partial charge on any atom is -0.306 e. The number of hydrogen-bond acceptors (Lipinski definition) is 3. The number of hydrogen-bond donors (Lipinski definition) is 1. The van der Waals surface area contributed by atoms with E-state index in [4.69, 9.17) is 0 Å². The maximum absolute atomic E-state index is 4.24. The zero-order chi connectivity index (χ0) is 11.8. The van der Waals surface area contributed by atoms with Crippen LogP contribution in [0.5, 0.6) is 0 Å². The van der Waals surface area contributed by atoms with Gasteiger partial charge in [0.2, 0.25) is 0 Å². The molecule has 0 aromatic heterocycles. The molecule has 0 bridgehead atoms. The van der Waals surface area contributed by atoms with Crippen LogP contribution in [-0.4, -0.2) is 55.3 Å². The molecule has 0 N–H and O–H groups in total. The zero-order valence-electron chi connectivity index (χ0n) is 11.0. The van der Waals surface area contributed by atoms with E-state index in [9.17, 15) is 0 Å². The number of nitrogens with zero attached hydrogens (tertiary/aromatic N) is 2. The average molecular weight is 244 g/mol. The quantitative estimate of drug-likeness (QED) is 0.543. The average Bonchev–Trinajstić information content (AvgIpc) is 2.29. The lowest BCUT2D eigenvalue weighted by Crippen LogP contribution is -2.42. The Morgan fingerprint density at radius 1 is 1.12 bits per heavy atom. The molecule has 2 nitrogen and oxygen atoms in total. The largest absolute Gasteiger partial charge is 0.306 e. The molecule has 0 saturated carbocycles. The van der Waals surface area contributed by atoms with Crippen molar-refractivity contribution in [3.05, 3.63) is 0 Å². The summed E-state index contributed by atoms with van der Waals surface area (Å²) in [5, 5.41) is 0. The highest BCUT2D eigenvalue weighted by molar-refractivity contribution is 7.80. The topological polar surface area (TPSA) is 6.48 Å². The van der Waals surface area contributed by atoms with Gasteiger partial charge in [0.15, 0.2) is 0 Å². The predicted molar refractivity (Wildman–Crippen MR) is 75.5 cm³/mol. The van der Waals surface area contributed by atoms with Crippen molar-refractivity contribution in [2.75, 3.05) is 39.5 Å². The van der Waals surface area contributed by atoms with E-state index in [1.165, 1.54) is 58.2 Å². The Kier molecular flexibility index (Phi) is 7.50. The van der Waals surface area contributed by atoms with Gasteiger partial charge in [0, 0.05) is 6.04 Å². The van der Waals surface area contributed by atoms with Crippen LogP contribution in [0.3, 0.4) is 0 Å². The van der Waals surface area contributed by atoms with Gasteiger partial charge in [-0.3, -0.25) is 0 Å². The van der Waals surface area contributed by atoms with E-state index in [-0.39, 0.29) is 0 Å². The summed E-state index contributed by atoms with van der Waals surface area (Å²) in [5.74, 6) is 1.05. The van der Waals surface area contributed by atoms with Crippen molar-refractivity contribution in [2.45, 2.75) is 44.6 Å². The van der Waals surface area contributed by atoms with Crippen LogP contribution in [0.25, 0.3) is 0 Å². The fourth-order valence-corrected chi connectivity index (χ4v) is 2.67. The van der Waals surface area contributed by atoms with Gasteiger partial charge in [-0.2, -0.15) is 12.6 Å². The Hall–Kier alpha value is 0.270. The van der Waals surface area contributed by atoms with E-state index in [1.807, 2.05) is 0 Å². The predicted octanol–water partition coefficient (Wildman–Crippen LogP) is 2.50. The first-order chi connectivity index (χ1) is 7.74. The molecule has 0 aromatic rings. The summed E-state index contributed by atoms with van der Waals surface area (Å²) >= 11 is 4.24. The molecular formula is C13H28N2S. The highest BCUT2D eigenvalue weighted by Gasteiger charge is 2.19. The second-order valence-electron chi connectivity index (χ2n) is 5.15. The third kappa shape index (κ3) is 5.55. The van der Waals surface area contributed by atoms with Crippen LogP contribution in [0.15, 0.2) is 0 Å². The van der Waals surface area contributed by atoms with Gasteiger partial charge < -0.3 is 9.80 Å². The summed E-state index contributed by atoms with van der Waals surface area (Å²) in [5.41, 5.74) is 0. The van der Waals surface area contributed by atoms with Crippen LogP contribution >= 0.6 is 12.6 Å². The van der Waals surface area contributed by atoms with Gasteiger partial charge in [0.05, 0.1) is 0 Å². The highest BCUT2D eigenvalue weighted by Crippen LogP contribution is 2.14. The molecule has 0 radical (unpaired) electrons. The van der Waals surface area contributed by atoms with Crippen LogP contribution in [0.4, 0.5) is 0 Å². The summed E-state index contributed by atoms with van der Waals surface area (Å²) in [6.07, 6.45) is 8.06. The van der Waals surface area contributed by atoms with Crippen molar-refractivity contribution < 1.29 is 0 Å². The molecule has 0 aliphatic carbocycles. The van der Waals surface area contributed by atoms with Gasteiger partial charge in [-0.05, 0) is 65.2 Å². The Morgan fingerprint density at radius 2 is 1.75 bits per heavy atom. The first kappa shape index (κ1) is 14.3. The highest BCUT2D eigenvalue weighted by atomic mass is 32.1. The molecule has 96 valence electrons. The first-order valence-corrected chi connectivity index (χ1v) is 7.37. The van der Waals surface area contributed by atoms with Gasteiger partial charge >= 0.3 is 0 Å². The lowest BCUT2D eigenvalue weighted by atomic mass is 10.0. The summed E-state index contributed by atoms with van der Waals surface area (Å²) < 4.78 is 0. The van der Waals surface area contributed by atoms with Crippen molar-refractivity contribution in [3.8, 4) is 0 Å². The number of likely N-dealkylation sites (tertiary alicyclic amines) is 1. The van der Waals surface area contributed by atoms with Crippen LogP contribution in [-0.2, 0) is 0 Å². The number of rotatable bonds is 7. The first-order valence-electron chi connectivity index (χ1n) is 6.73. The van der Waals surface area contributed by atoms with Crippen molar-refractivity contribution in [2.24, 2.45) is 0 Å². The molecule has 0 amide bonds. The standard InChI is InChI=1S/C13H28N2S/c1-14-10-7-13(8-11-14)15(2)9-5-3-4-6-12-16/h13,16H,3-12H2,1-2H3. The molecule has 0 atom stereocenters. The van der Waals surface area contributed by atoms with Crippen molar-refractivity contribution in [3.63, 3.8) is 0 Å². The second-order valence-corrected chi connectivity index (χ2v) is 5.60. The molecular weight excluding hydrogens is 216 g/mol. The van der Waals surface area contributed by atoms with E-state index in [2.05, 4.69) is 36.5 Å². The summed E-state index contributed by atoms with van der Waals surface area (Å²) in [6, 6.07) is 0.834. The zero-order valence-corrected chi connectivity index (χ0v) is 11.9. The molecule has 3 heteroatoms. The molecule has 0 spiro atoms. The Labute approximate surface area is 107 Å². The Bertz CT molecular complexity index is 167. The molecule has 1 aliphatic rings. The van der Waals surface area contributed by atoms with Crippen molar-refractivity contribution in [1.82, 2.24) is 9.80 Å². The molecule has 16 heavy (non-hydrogen) atoms. The Balaban J connectivity index is 2.03. The Morgan fingerprint density at radius 3 is 2.38 bits per heavy atom. The SMILES string of the molecule is CN1CCC(N(C)CCCCCCS)CC1. The fourth-order valence-electron chi connectivity index (χ4n) is 2.44. The van der Waals surface area contributed by atoms with Crippen LogP contribution in [0.2, 0.25) is 0 Å². The molecule has 1 fully saturated rings. The summed E-state index contributed by atoms with van der Waals surface area (Å²) in [6.45, 7) is 3.82. The van der Waals surface area contributed by atoms with Crippen molar-refractivity contribution in [1.29, 1.82) is 0 Å². The van der Waals surface area contributed by atoms with E-state index >= 15 is 0 Å². The minimum absolute atomic E-state index is 0.834. The van der Waals surface area contributed by atoms with E-state index < -0.39 is 0 Å². The number of thiol groups is 1. The van der Waals surface area contributed by atoms with Crippen LogP contribution in [0.1, 0.15) is 38.5 Å².